The average molecular weight is 422 g/mol. The second kappa shape index (κ2) is 9.20. The molecule has 0 bridgehead atoms. The van der Waals surface area contributed by atoms with Crippen LogP contribution in [0.5, 0.6) is 0 Å². The molecule has 1 aliphatic heterocycles. The second-order valence-electron chi connectivity index (χ2n) is 5.14. The molecule has 5 unspecified atom stereocenters. The highest BCUT2D eigenvalue weighted by molar-refractivity contribution is 6.76. The molecule has 0 aromatic heterocycles. The van der Waals surface area contributed by atoms with Crippen LogP contribution in [-0.2, 0) is 33.3 Å². The number of rotatable bonds is 5. The van der Waals surface area contributed by atoms with Gasteiger partial charge in [0.1, 0.15) is 24.9 Å². The van der Waals surface area contributed by atoms with Crippen molar-refractivity contribution < 1.29 is 33.3 Å². The van der Waals surface area contributed by atoms with Gasteiger partial charge in [0.25, 0.3) is 3.79 Å². The van der Waals surface area contributed by atoms with Gasteiger partial charge in [-0.2, -0.15) is 0 Å². The molecule has 0 spiro atoms. The van der Waals surface area contributed by atoms with Crippen LogP contribution >= 0.6 is 34.8 Å². The lowest BCUT2D eigenvalue weighted by Gasteiger charge is -2.43. The number of esters is 2. The van der Waals surface area contributed by atoms with E-state index in [2.05, 4.69) is 0 Å². The molecule has 3 N–H and O–H groups in total. The summed E-state index contributed by atoms with van der Waals surface area (Å²) in [5.74, 6) is -1.90. The summed E-state index contributed by atoms with van der Waals surface area (Å²) in [6.45, 7) is 2.13. The van der Waals surface area contributed by atoms with Crippen LogP contribution in [0.25, 0.3) is 0 Å². The van der Waals surface area contributed by atoms with E-state index in [-0.39, 0.29) is 6.61 Å². The van der Waals surface area contributed by atoms with Crippen molar-refractivity contribution in [1.29, 1.82) is 5.41 Å². The van der Waals surface area contributed by atoms with Gasteiger partial charge in [0.05, 0.1) is 6.04 Å². The van der Waals surface area contributed by atoms with E-state index in [1.165, 1.54) is 21.0 Å². The smallest absolute Gasteiger partial charge is 0.303 e. The Morgan fingerprint density at radius 1 is 1.16 bits per heavy atom. The number of carbonyl (C=O) groups is 2. The number of alkyl halides is 3. The Morgan fingerprint density at radius 2 is 1.76 bits per heavy atom. The molecular formula is C13H19Cl3N2O7. The number of carbonyl (C=O) groups excluding carboxylic acids is 2. The first-order valence-corrected chi connectivity index (χ1v) is 8.17. The SMILES string of the molecule is COC1C(OC(=N)C(Cl)(Cl)Cl)OC(COC(C)=O)C(OC(C)=O)C1N. The molecule has 0 aromatic carbocycles. The Labute approximate surface area is 159 Å². The zero-order chi connectivity index (χ0) is 19.4. The monoisotopic (exact) mass is 420 g/mol. The number of hydrogen-bond acceptors (Lipinski definition) is 9. The summed E-state index contributed by atoms with van der Waals surface area (Å²) < 4.78 is 23.9. The summed E-state index contributed by atoms with van der Waals surface area (Å²) in [7, 11) is 1.32. The quantitative estimate of drug-likeness (QED) is 0.290. The number of nitrogens with one attached hydrogen (secondary N) is 1. The molecule has 1 fully saturated rings. The molecule has 0 saturated carbocycles. The Morgan fingerprint density at radius 3 is 2.20 bits per heavy atom. The van der Waals surface area contributed by atoms with Crippen LogP contribution in [0.1, 0.15) is 13.8 Å². The average Bonchev–Trinajstić information content (AvgIpc) is 2.47. The van der Waals surface area contributed by atoms with Crippen LogP contribution < -0.4 is 5.73 Å². The Kier molecular flexibility index (Phi) is 8.17. The molecule has 144 valence electrons. The van der Waals surface area contributed by atoms with Gasteiger partial charge >= 0.3 is 11.9 Å². The largest absolute Gasteiger partial charge is 0.463 e. The fraction of sp³-hybridized carbons (Fsp3) is 0.769. The van der Waals surface area contributed by atoms with Crippen LogP contribution in [0.15, 0.2) is 0 Å². The van der Waals surface area contributed by atoms with Gasteiger partial charge in [-0.3, -0.25) is 15.0 Å². The summed E-state index contributed by atoms with van der Waals surface area (Å²) in [5, 5.41) is 7.64. The molecule has 9 nitrogen and oxygen atoms in total. The van der Waals surface area contributed by atoms with Crippen LogP contribution in [-0.4, -0.2) is 66.0 Å². The summed E-state index contributed by atoms with van der Waals surface area (Å²) in [5.41, 5.74) is 6.08. The minimum absolute atomic E-state index is 0.266. The van der Waals surface area contributed by atoms with E-state index in [0.717, 1.165) is 0 Å². The van der Waals surface area contributed by atoms with E-state index in [1.807, 2.05) is 0 Å². The topological polar surface area (TPSA) is 130 Å². The molecule has 5 atom stereocenters. The van der Waals surface area contributed by atoms with Gasteiger partial charge in [0, 0.05) is 21.0 Å². The molecule has 0 radical (unpaired) electrons. The van der Waals surface area contributed by atoms with Crippen LogP contribution in [0.4, 0.5) is 0 Å². The number of halogens is 3. The summed E-state index contributed by atoms with van der Waals surface area (Å²) >= 11 is 16.7. The molecular weight excluding hydrogens is 403 g/mol. The Bertz CT molecular complexity index is 514. The fourth-order valence-corrected chi connectivity index (χ4v) is 2.30. The van der Waals surface area contributed by atoms with E-state index in [9.17, 15) is 9.59 Å². The van der Waals surface area contributed by atoms with E-state index in [0.29, 0.717) is 0 Å². The summed E-state index contributed by atoms with van der Waals surface area (Å²) in [6.07, 6.45) is -4.16. The number of ether oxygens (including phenoxy) is 5. The number of nitrogens with two attached hydrogens (primary N) is 1. The van der Waals surface area contributed by atoms with E-state index in [1.54, 1.807) is 0 Å². The number of hydrogen-bond donors (Lipinski definition) is 2. The Hall–Kier alpha value is -0.840. The third-order valence-corrected chi connectivity index (χ3v) is 3.73. The van der Waals surface area contributed by atoms with Crippen molar-refractivity contribution in [3.8, 4) is 0 Å². The van der Waals surface area contributed by atoms with E-state index >= 15 is 0 Å². The Balaban J connectivity index is 3.01. The molecule has 0 aliphatic carbocycles. The van der Waals surface area contributed by atoms with Gasteiger partial charge < -0.3 is 29.4 Å². The molecule has 0 aromatic rings. The molecule has 12 heteroatoms. The second-order valence-corrected chi connectivity index (χ2v) is 7.42. The first kappa shape index (κ1) is 22.2. The minimum Gasteiger partial charge on any atom is -0.463 e. The maximum atomic E-state index is 11.3. The molecule has 1 rings (SSSR count). The van der Waals surface area contributed by atoms with Gasteiger partial charge in [0.15, 0.2) is 0 Å². The van der Waals surface area contributed by atoms with Gasteiger partial charge in [-0.15, -0.1) is 0 Å². The van der Waals surface area contributed by atoms with Crippen molar-refractivity contribution in [3.05, 3.63) is 0 Å². The van der Waals surface area contributed by atoms with E-state index < -0.39 is 52.3 Å². The predicted molar refractivity (Wildman–Crippen MR) is 88.7 cm³/mol. The third-order valence-electron chi connectivity index (χ3n) is 3.22. The standard InChI is InChI=1S/C13H19Cl3N2O7/c1-5(19)22-4-7-9(23-6(2)20)8(17)10(21-3)11(24-7)25-12(18)13(14,15)16/h7-11,18H,4,17H2,1-3H3. The van der Waals surface area contributed by atoms with Crippen LogP contribution in [0.3, 0.4) is 0 Å². The van der Waals surface area contributed by atoms with E-state index in [4.69, 9.17) is 69.6 Å². The first-order valence-electron chi connectivity index (χ1n) is 7.04. The zero-order valence-corrected chi connectivity index (χ0v) is 15.9. The maximum absolute atomic E-state index is 11.3. The fourth-order valence-electron chi connectivity index (χ4n) is 2.17. The molecule has 1 heterocycles. The van der Waals surface area contributed by atoms with Crippen molar-refractivity contribution >= 4 is 52.6 Å². The first-order chi connectivity index (χ1) is 11.5. The third kappa shape index (κ3) is 6.43. The molecule has 25 heavy (non-hydrogen) atoms. The van der Waals surface area contributed by atoms with Gasteiger partial charge in [0.2, 0.25) is 12.2 Å². The lowest BCUT2D eigenvalue weighted by Crippen LogP contribution is -2.65. The normalized spacial score (nSPS) is 29.6. The predicted octanol–water partition coefficient (Wildman–Crippen LogP) is 0.912. The zero-order valence-electron chi connectivity index (χ0n) is 13.7. The number of methoxy groups -OCH3 is 1. The van der Waals surface area contributed by atoms with Crippen molar-refractivity contribution in [2.24, 2.45) is 5.73 Å². The van der Waals surface area contributed by atoms with Gasteiger partial charge in [-0.1, -0.05) is 34.8 Å². The lowest BCUT2D eigenvalue weighted by atomic mass is 9.96. The highest BCUT2D eigenvalue weighted by atomic mass is 35.6. The molecule has 0 amide bonds. The van der Waals surface area contributed by atoms with Crippen molar-refractivity contribution in [2.45, 2.75) is 48.3 Å². The summed E-state index contributed by atoms with van der Waals surface area (Å²) in [6, 6.07) is -0.920. The van der Waals surface area contributed by atoms with Crippen molar-refractivity contribution in [2.75, 3.05) is 13.7 Å². The lowest BCUT2D eigenvalue weighted by molar-refractivity contribution is -0.263. The van der Waals surface area contributed by atoms with Crippen LogP contribution in [0, 0.1) is 5.41 Å². The van der Waals surface area contributed by atoms with Crippen LogP contribution in [0.2, 0.25) is 0 Å². The minimum atomic E-state index is -2.12. The molecule has 1 aliphatic rings. The molecule has 1 saturated heterocycles. The van der Waals surface area contributed by atoms with Gasteiger partial charge in [-0.05, 0) is 0 Å². The van der Waals surface area contributed by atoms with Crippen molar-refractivity contribution in [3.63, 3.8) is 0 Å². The van der Waals surface area contributed by atoms with Crippen molar-refractivity contribution in [1.82, 2.24) is 0 Å². The maximum Gasteiger partial charge on any atom is 0.303 e. The highest BCUT2D eigenvalue weighted by Crippen LogP contribution is 2.31. The summed E-state index contributed by atoms with van der Waals surface area (Å²) in [4.78, 5) is 22.4. The highest BCUT2D eigenvalue weighted by Gasteiger charge is 2.49. The van der Waals surface area contributed by atoms with Gasteiger partial charge in [-0.25, -0.2) is 0 Å².